The number of aryl methyl sites for hydroxylation is 3. The number of carboxylic acid groups (broad SMARTS) is 3. The van der Waals surface area contributed by atoms with E-state index in [4.69, 9.17) is 37.9 Å². The number of rotatable bonds is 27. The number of benzene rings is 3. The third-order valence-electron chi connectivity index (χ3n) is 22.0. The fourth-order valence-electron chi connectivity index (χ4n) is 16.4. The molecule has 9 aromatic heterocycles. The Bertz CT molecular complexity index is 5810. The van der Waals surface area contributed by atoms with E-state index in [1.165, 1.54) is 25.0 Å². The molecule has 0 radical (unpaired) electrons. The van der Waals surface area contributed by atoms with Crippen LogP contribution in [0.15, 0.2) is 190 Å². The maximum Gasteiger partial charge on any atom is 0.337 e. The van der Waals surface area contributed by atoms with Crippen LogP contribution in [0.2, 0.25) is 0 Å². The summed E-state index contributed by atoms with van der Waals surface area (Å²) in [4.78, 5) is 124. The third kappa shape index (κ3) is 18.6. The molecule has 18 rings (SSSR count). The van der Waals surface area contributed by atoms with E-state index in [2.05, 4.69) is 91.7 Å². The number of nitrogens with one attached hydrogen (secondary N) is 6. The van der Waals surface area contributed by atoms with Gasteiger partial charge in [-0.3, -0.25) is 40.0 Å². The van der Waals surface area contributed by atoms with Gasteiger partial charge in [-0.05, 0) is 133 Å². The SMILES string of the molecule is CCNC(=O)Nc1ncnc2c1ncn2C1CC(CCCc2ncccc2C(=O)O)C2O[C@H](/C=C/c3ccccc3)OC21.CCNC(=O)Nc1ncnc2c1ncn2C1OC(CCCc2ncccc2C(=O)O)C2O[C@H](c3ccccc3)OC21.CCNC(=O)Nc1ncnc2c1ncn2C1OC(CCc2ncccc2C(=O)O)C2O[C@H](c3ccccc3)OC21. The summed E-state index contributed by atoms with van der Waals surface area (Å²) in [6.07, 6.45) is 17.1. The van der Waals surface area contributed by atoms with Crippen molar-refractivity contribution in [3.63, 3.8) is 0 Å². The lowest BCUT2D eigenvalue weighted by Gasteiger charge is -2.21. The number of hydrogen-bond donors (Lipinski definition) is 9. The van der Waals surface area contributed by atoms with Gasteiger partial charge in [0.1, 0.15) is 49.5 Å². The van der Waals surface area contributed by atoms with Gasteiger partial charge in [-0.1, -0.05) is 97.1 Å². The van der Waals surface area contributed by atoms with E-state index in [0.717, 1.165) is 36.0 Å². The monoisotopic (exact) mass is 1690 g/mol. The molecule has 15 atom stereocenters. The summed E-state index contributed by atoms with van der Waals surface area (Å²) >= 11 is 0. The second-order valence-corrected chi connectivity index (χ2v) is 29.7. The minimum absolute atomic E-state index is 0.119. The zero-order valence-electron chi connectivity index (χ0n) is 67.4. The van der Waals surface area contributed by atoms with Gasteiger partial charge in [0.05, 0.1) is 77.1 Å². The van der Waals surface area contributed by atoms with Crippen LogP contribution in [-0.4, -0.2) is 200 Å². The number of anilines is 3. The van der Waals surface area contributed by atoms with E-state index in [1.54, 1.807) is 77.0 Å². The summed E-state index contributed by atoms with van der Waals surface area (Å²) in [6.45, 7) is 6.88. The zero-order chi connectivity index (χ0) is 85.7. The molecular weight excluding hydrogens is 1600 g/mol. The van der Waals surface area contributed by atoms with Crippen molar-refractivity contribution in [1.29, 1.82) is 0 Å². The van der Waals surface area contributed by atoms with E-state index >= 15 is 0 Å². The van der Waals surface area contributed by atoms with Crippen LogP contribution >= 0.6 is 0 Å². The Labute approximate surface area is 708 Å². The number of nitrogens with zero attached hydrogens (tertiary/aromatic N) is 15. The Hall–Kier alpha value is -13.6. The van der Waals surface area contributed by atoms with Gasteiger partial charge in [-0.15, -0.1) is 0 Å². The van der Waals surface area contributed by atoms with Crippen molar-refractivity contribution in [1.82, 2.24) is 89.5 Å². The van der Waals surface area contributed by atoms with Gasteiger partial charge in [0, 0.05) is 49.4 Å². The zero-order valence-corrected chi connectivity index (χ0v) is 67.4. The Morgan fingerprint density at radius 2 is 0.798 bits per heavy atom. The van der Waals surface area contributed by atoms with Crippen molar-refractivity contribution in [2.24, 2.45) is 5.92 Å². The Balaban J connectivity index is 0.000000138. The van der Waals surface area contributed by atoms with E-state index in [0.29, 0.717) is 115 Å². The number of pyridine rings is 3. The highest BCUT2D eigenvalue weighted by molar-refractivity contribution is 5.98. The molecule has 38 heteroatoms. The molecule has 3 aromatic carbocycles. The number of carboxylic acids is 3. The number of hydrogen-bond acceptors (Lipinski definition) is 26. The first-order chi connectivity index (χ1) is 60.6. The first-order valence-corrected chi connectivity index (χ1v) is 40.8. The second kappa shape index (κ2) is 38.6. The Kier molecular flexibility index (Phi) is 26.2. The molecule has 0 spiro atoms. The molecule has 5 saturated heterocycles. The average Bonchev–Trinajstić information content (AvgIpc) is 1.60. The van der Waals surface area contributed by atoms with Gasteiger partial charge < -0.3 is 73.7 Å². The molecule has 1 aliphatic carbocycles. The molecule has 5 aliphatic heterocycles. The van der Waals surface area contributed by atoms with E-state index < -0.39 is 85.7 Å². The summed E-state index contributed by atoms with van der Waals surface area (Å²) in [6, 6.07) is 37.5. The van der Waals surface area contributed by atoms with Gasteiger partial charge >= 0.3 is 36.0 Å². The van der Waals surface area contributed by atoms with E-state index in [-0.39, 0.29) is 70.7 Å². The molecule has 12 aromatic rings. The molecule has 0 bridgehead atoms. The Morgan fingerprint density at radius 1 is 0.403 bits per heavy atom. The summed E-state index contributed by atoms with van der Waals surface area (Å²) in [5.74, 6) is -1.98. The van der Waals surface area contributed by atoms with Crippen LogP contribution in [0.25, 0.3) is 39.6 Å². The van der Waals surface area contributed by atoms with E-state index in [9.17, 15) is 44.1 Å². The smallest absolute Gasteiger partial charge is 0.337 e. The van der Waals surface area contributed by atoms with Crippen LogP contribution < -0.4 is 31.9 Å². The Morgan fingerprint density at radius 3 is 1.24 bits per heavy atom. The number of fused-ring (bicyclic) bond motifs is 6. The van der Waals surface area contributed by atoms with Gasteiger partial charge in [0.2, 0.25) is 0 Å². The highest BCUT2D eigenvalue weighted by atomic mass is 16.8. The molecule has 12 unspecified atom stereocenters. The van der Waals surface area contributed by atoms with Crippen molar-refractivity contribution in [2.75, 3.05) is 35.6 Å². The average molecular weight is 1690 g/mol. The fraction of sp³-hybridized carbons (Fsp3) is 0.349. The van der Waals surface area contributed by atoms with Crippen molar-refractivity contribution in [2.45, 2.75) is 165 Å². The largest absolute Gasteiger partial charge is 0.478 e. The van der Waals surface area contributed by atoms with Gasteiger partial charge in [0.15, 0.2) is 82.3 Å². The number of urea groups is 3. The molecule has 38 nitrogen and oxygen atoms in total. The summed E-state index contributed by atoms with van der Waals surface area (Å²) < 4.78 is 57.1. The number of carbonyl (C=O) groups is 6. The fourth-order valence-corrected chi connectivity index (χ4v) is 16.4. The molecule has 640 valence electrons. The molecule has 1 saturated carbocycles. The predicted molar refractivity (Wildman–Crippen MR) is 444 cm³/mol. The minimum atomic E-state index is -1.03. The highest BCUT2D eigenvalue weighted by Gasteiger charge is 2.56. The van der Waals surface area contributed by atoms with Crippen molar-refractivity contribution in [3.8, 4) is 0 Å². The number of imidazole rings is 3. The molecule has 9 N–H and O–H groups in total. The first kappa shape index (κ1) is 84.0. The summed E-state index contributed by atoms with van der Waals surface area (Å²) in [5.41, 5.74) is 7.81. The molecule has 6 aliphatic rings. The standard InChI is InChI=1S/C31H33N7O5.C28H29N7O6.C27H27N7O6/c1-2-32-31(41)37-28-25-29(35-17-34-28)38(18-36-25)23-16-20(10-6-12-22-21(30(39)40)11-7-15-33-22)26-27(23)43-24(42-26)14-13-19-8-4-3-5-9-19;1-2-29-28(38)34-23-20-24(32-14-31-23)35(15-33-20)25-22-21(40-27(41-22)16-8-4-3-5-9-16)19(39-25)12-6-11-18-17(26(36)37)10-7-13-30-18;1-2-28-27(37)33-22-19-23(31-13-30-22)34(14-32-19)24-21-20(39-26(40-21)15-7-4-3-5-8-15)18(38-24)11-10-17-16(25(35)36)9-6-12-29-17/h3-5,7-9,11,13-15,17-18,20,23-24,26-27H,2,6,10,12,16H2,1H3,(H,39,40)(H2,32,34,35,37,41);3-5,7-10,13-15,19,21-22,25,27H,2,6,11-12H2,1H3,(H,36,37)(H2,29,31,32,34,38);3-9,12-14,18,20-21,24,26H,2,10-11H2,1H3,(H,35,36)(H2,28,30,31,33,37)/b14-13+;;/t20?,23?,24-,26?,27?;19?,21?,22?,25?,27-;18?,20?,21?,24?,26-/m000/s1. The lowest BCUT2D eigenvalue weighted by molar-refractivity contribution is -0.148. The normalized spacial score (nSPS) is 23.4. The van der Waals surface area contributed by atoms with Crippen LogP contribution in [0.4, 0.5) is 31.8 Å². The second-order valence-electron chi connectivity index (χ2n) is 29.7. The minimum Gasteiger partial charge on any atom is -0.478 e. The van der Waals surface area contributed by atoms with Crippen LogP contribution in [-0.2, 0) is 57.2 Å². The lowest BCUT2D eigenvalue weighted by Crippen LogP contribution is -2.29. The number of carbonyl (C=O) groups excluding carboxylic acids is 3. The van der Waals surface area contributed by atoms with Gasteiger partial charge in [-0.2, -0.15) is 0 Å². The van der Waals surface area contributed by atoms with Crippen molar-refractivity contribution in [3.05, 3.63) is 240 Å². The number of amides is 6. The van der Waals surface area contributed by atoms with E-state index in [1.807, 2.05) is 128 Å². The summed E-state index contributed by atoms with van der Waals surface area (Å²) in [5, 5.41) is 44.8. The maximum atomic E-state index is 12.2. The first-order valence-electron chi connectivity index (χ1n) is 40.8. The molecular formula is C86H89N21O17. The van der Waals surface area contributed by atoms with Crippen LogP contribution in [0, 0.1) is 5.92 Å². The molecule has 6 amide bonds. The lowest BCUT2D eigenvalue weighted by atomic mass is 9.96. The van der Waals surface area contributed by atoms with Crippen LogP contribution in [0.3, 0.4) is 0 Å². The topological polar surface area (TPSA) is 479 Å². The van der Waals surface area contributed by atoms with Crippen molar-refractivity contribution < 1.29 is 82.0 Å². The number of aromatic carboxylic acids is 3. The van der Waals surface area contributed by atoms with Crippen LogP contribution in [0.5, 0.6) is 0 Å². The summed E-state index contributed by atoms with van der Waals surface area (Å²) in [7, 11) is 0. The quantitative estimate of drug-likeness (QED) is 0.0231. The number of ether oxygens (including phenoxy) is 8. The van der Waals surface area contributed by atoms with Crippen molar-refractivity contribution >= 4 is 93.0 Å². The third-order valence-corrected chi connectivity index (χ3v) is 22.0. The maximum absolute atomic E-state index is 12.2. The van der Waals surface area contributed by atoms with Crippen LogP contribution in [0.1, 0.15) is 155 Å². The number of aromatic nitrogens is 15. The molecule has 14 heterocycles. The molecule has 124 heavy (non-hydrogen) atoms. The van der Waals surface area contributed by atoms with Gasteiger partial charge in [-0.25, -0.2) is 73.6 Å². The van der Waals surface area contributed by atoms with Gasteiger partial charge in [0.25, 0.3) is 0 Å². The highest BCUT2D eigenvalue weighted by Crippen LogP contribution is 2.50. The molecule has 6 fully saturated rings. The predicted octanol–water partition coefficient (Wildman–Crippen LogP) is 11.0.